The van der Waals surface area contributed by atoms with Gasteiger partial charge in [0.15, 0.2) is 0 Å². The van der Waals surface area contributed by atoms with Crippen LogP contribution in [0.25, 0.3) is 0 Å². The van der Waals surface area contributed by atoms with Crippen LogP contribution in [-0.2, 0) is 0 Å². The van der Waals surface area contributed by atoms with Gasteiger partial charge in [-0.3, -0.25) is 0 Å². The highest BCUT2D eigenvalue weighted by Gasteiger charge is 2.15. The van der Waals surface area contributed by atoms with E-state index in [0.717, 1.165) is 12.3 Å². The third-order valence-corrected chi connectivity index (χ3v) is 2.54. The molecule has 1 aliphatic rings. The minimum absolute atomic E-state index is 0.0121. The van der Waals surface area contributed by atoms with Crippen molar-refractivity contribution in [3.63, 3.8) is 0 Å². The first kappa shape index (κ1) is 8.72. The second-order valence-corrected chi connectivity index (χ2v) is 3.57. The van der Waals surface area contributed by atoms with Crippen molar-refractivity contribution in [1.29, 1.82) is 5.41 Å². The maximum Gasteiger partial charge on any atom is 0.0395 e. The minimum Gasteiger partial charge on any atom is -0.323 e. The Bertz CT molecular complexity index is 117. The van der Waals surface area contributed by atoms with E-state index in [-0.39, 0.29) is 6.04 Å². The molecular formula is C9H18N2. The van der Waals surface area contributed by atoms with Gasteiger partial charge >= 0.3 is 0 Å². The molecule has 64 valence electrons. The number of hydrogen-bond acceptors (Lipinski definition) is 2. The van der Waals surface area contributed by atoms with Crippen LogP contribution in [0.4, 0.5) is 0 Å². The van der Waals surface area contributed by atoms with Gasteiger partial charge in [-0.05, 0) is 12.3 Å². The van der Waals surface area contributed by atoms with Gasteiger partial charge in [0.2, 0.25) is 0 Å². The number of rotatable bonds is 3. The van der Waals surface area contributed by atoms with Gasteiger partial charge < -0.3 is 11.1 Å². The zero-order chi connectivity index (χ0) is 8.10. The highest BCUT2D eigenvalue weighted by Crippen LogP contribution is 2.26. The molecule has 0 aliphatic heterocycles. The summed E-state index contributed by atoms with van der Waals surface area (Å²) in [5, 5.41) is 6.98. The second-order valence-electron chi connectivity index (χ2n) is 3.57. The average Bonchev–Trinajstić information content (AvgIpc) is 2.06. The molecule has 0 radical (unpaired) electrons. The summed E-state index contributed by atoms with van der Waals surface area (Å²) in [4.78, 5) is 0. The SMILES string of the molecule is N=C[C@@H](N)CC1CCCCC1. The number of nitrogens with one attached hydrogen (secondary N) is 1. The monoisotopic (exact) mass is 154 g/mol. The summed E-state index contributed by atoms with van der Waals surface area (Å²) >= 11 is 0. The van der Waals surface area contributed by atoms with Crippen molar-refractivity contribution in [1.82, 2.24) is 0 Å². The van der Waals surface area contributed by atoms with Gasteiger partial charge in [-0.25, -0.2) is 0 Å². The Hall–Kier alpha value is -0.370. The van der Waals surface area contributed by atoms with Gasteiger partial charge in [0.1, 0.15) is 0 Å². The Morgan fingerprint density at radius 1 is 1.36 bits per heavy atom. The van der Waals surface area contributed by atoms with E-state index in [4.69, 9.17) is 11.1 Å². The Labute approximate surface area is 68.7 Å². The summed E-state index contributed by atoms with van der Waals surface area (Å²) in [6, 6.07) is 0.0121. The van der Waals surface area contributed by atoms with E-state index in [9.17, 15) is 0 Å². The van der Waals surface area contributed by atoms with Crippen molar-refractivity contribution in [3.8, 4) is 0 Å². The van der Waals surface area contributed by atoms with Gasteiger partial charge in [0, 0.05) is 12.3 Å². The van der Waals surface area contributed by atoms with Crippen molar-refractivity contribution in [2.75, 3.05) is 0 Å². The molecule has 0 unspecified atom stereocenters. The van der Waals surface area contributed by atoms with Gasteiger partial charge in [-0.2, -0.15) is 0 Å². The standard InChI is InChI=1S/C9H18N2/c10-7-9(11)6-8-4-2-1-3-5-8/h7-10H,1-6,11H2/t9-/m0/s1. The summed E-state index contributed by atoms with van der Waals surface area (Å²) in [6.07, 6.45) is 9.21. The maximum absolute atomic E-state index is 6.98. The Morgan fingerprint density at radius 3 is 2.55 bits per heavy atom. The van der Waals surface area contributed by atoms with Gasteiger partial charge in [0.25, 0.3) is 0 Å². The van der Waals surface area contributed by atoms with Crippen molar-refractivity contribution >= 4 is 6.21 Å². The van der Waals surface area contributed by atoms with E-state index >= 15 is 0 Å². The Balaban J connectivity index is 2.18. The lowest BCUT2D eigenvalue weighted by molar-refractivity contribution is 0.334. The van der Waals surface area contributed by atoms with Crippen molar-refractivity contribution < 1.29 is 0 Å². The molecule has 0 aromatic rings. The van der Waals surface area contributed by atoms with E-state index in [1.54, 1.807) is 0 Å². The van der Waals surface area contributed by atoms with Crippen LogP contribution in [0.3, 0.4) is 0 Å². The molecule has 1 fully saturated rings. The lowest BCUT2D eigenvalue weighted by Gasteiger charge is -2.22. The van der Waals surface area contributed by atoms with Gasteiger partial charge in [-0.15, -0.1) is 0 Å². The molecule has 1 saturated carbocycles. The molecular weight excluding hydrogens is 136 g/mol. The summed E-state index contributed by atoms with van der Waals surface area (Å²) in [5.74, 6) is 0.806. The largest absolute Gasteiger partial charge is 0.323 e. The van der Waals surface area contributed by atoms with Gasteiger partial charge in [-0.1, -0.05) is 32.1 Å². The second kappa shape index (κ2) is 4.50. The molecule has 0 amide bonds. The van der Waals surface area contributed by atoms with Gasteiger partial charge in [0.05, 0.1) is 0 Å². The smallest absolute Gasteiger partial charge is 0.0395 e. The Morgan fingerprint density at radius 2 is 2.00 bits per heavy atom. The quantitative estimate of drug-likeness (QED) is 0.600. The summed E-state index contributed by atoms with van der Waals surface area (Å²) in [6.45, 7) is 0. The molecule has 0 aromatic carbocycles. The van der Waals surface area contributed by atoms with Crippen LogP contribution in [0.15, 0.2) is 0 Å². The van der Waals surface area contributed by atoms with Crippen LogP contribution in [0.1, 0.15) is 38.5 Å². The predicted molar refractivity (Wildman–Crippen MR) is 48.0 cm³/mol. The Kier molecular flexibility index (Phi) is 3.57. The van der Waals surface area contributed by atoms with Crippen LogP contribution in [0.2, 0.25) is 0 Å². The molecule has 2 nitrogen and oxygen atoms in total. The molecule has 2 heteroatoms. The average molecular weight is 154 g/mol. The molecule has 3 N–H and O–H groups in total. The van der Waals surface area contributed by atoms with Crippen LogP contribution in [0, 0.1) is 11.3 Å². The molecule has 0 bridgehead atoms. The van der Waals surface area contributed by atoms with Crippen LogP contribution in [0.5, 0.6) is 0 Å². The van der Waals surface area contributed by atoms with Crippen molar-refractivity contribution in [3.05, 3.63) is 0 Å². The van der Waals surface area contributed by atoms with E-state index in [1.807, 2.05) is 0 Å². The topological polar surface area (TPSA) is 49.9 Å². The third kappa shape index (κ3) is 3.02. The first-order valence-corrected chi connectivity index (χ1v) is 4.59. The molecule has 1 atom stereocenters. The fourth-order valence-electron chi connectivity index (χ4n) is 1.88. The molecule has 0 heterocycles. The summed E-state index contributed by atoms with van der Waals surface area (Å²) in [5.41, 5.74) is 5.66. The minimum atomic E-state index is 0.0121. The lowest BCUT2D eigenvalue weighted by Crippen LogP contribution is -2.25. The van der Waals surface area contributed by atoms with Crippen LogP contribution < -0.4 is 5.73 Å². The fraction of sp³-hybridized carbons (Fsp3) is 0.889. The molecule has 0 aromatic heterocycles. The van der Waals surface area contributed by atoms with E-state index < -0.39 is 0 Å². The van der Waals surface area contributed by atoms with Crippen LogP contribution in [-0.4, -0.2) is 12.3 Å². The zero-order valence-corrected chi connectivity index (χ0v) is 7.05. The highest BCUT2D eigenvalue weighted by molar-refractivity contribution is 5.60. The fourth-order valence-corrected chi connectivity index (χ4v) is 1.88. The number of nitrogens with two attached hydrogens (primary N) is 1. The first-order valence-electron chi connectivity index (χ1n) is 4.59. The van der Waals surface area contributed by atoms with E-state index in [0.29, 0.717) is 0 Å². The molecule has 0 spiro atoms. The van der Waals surface area contributed by atoms with Crippen LogP contribution >= 0.6 is 0 Å². The highest BCUT2D eigenvalue weighted by atomic mass is 14.6. The molecule has 1 rings (SSSR count). The lowest BCUT2D eigenvalue weighted by atomic mass is 9.85. The summed E-state index contributed by atoms with van der Waals surface area (Å²) in [7, 11) is 0. The summed E-state index contributed by atoms with van der Waals surface area (Å²) < 4.78 is 0. The van der Waals surface area contributed by atoms with Crippen molar-refractivity contribution in [2.24, 2.45) is 11.7 Å². The zero-order valence-electron chi connectivity index (χ0n) is 7.05. The van der Waals surface area contributed by atoms with Crippen molar-refractivity contribution in [2.45, 2.75) is 44.6 Å². The van der Waals surface area contributed by atoms with E-state index in [2.05, 4.69) is 0 Å². The normalized spacial score (nSPS) is 23.0. The maximum atomic E-state index is 6.98. The van der Waals surface area contributed by atoms with E-state index in [1.165, 1.54) is 38.3 Å². The molecule has 1 aliphatic carbocycles. The molecule has 0 saturated heterocycles. The molecule has 11 heavy (non-hydrogen) atoms. The first-order chi connectivity index (χ1) is 5.33. The third-order valence-electron chi connectivity index (χ3n) is 2.54. The predicted octanol–water partition coefficient (Wildman–Crippen LogP) is 1.93. The number of hydrogen-bond donors (Lipinski definition) is 2.